The molecule has 25 heavy (non-hydrogen) atoms. The number of halogens is 1. The van der Waals surface area contributed by atoms with Gasteiger partial charge in [-0.2, -0.15) is 0 Å². The average molecular weight is 367 g/mol. The Morgan fingerprint density at radius 2 is 1.80 bits per heavy atom. The first-order valence-corrected chi connectivity index (χ1v) is 7.41. The first-order valence-electron chi connectivity index (χ1n) is 7.03. The minimum atomic E-state index is -0.517. The molecule has 0 unspecified atom stereocenters. The quantitative estimate of drug-likeness (QED) is 0.596. The zero-order chi connectivity index (χ0) is 18.4. The molecule has 0 aliphatic carbocycles. The van der Waals surface area contributed by atoms with Crippen molar-refractivity contribution in [1.29, 1.82) is 0 Å². The molecular weight excluding hydrogens is 352 g/mol. The molecule has 0 aliphatic heterocycles. The fraction of sp³-hybridized carbons (Fsp3) is 0.188. The molecule has 9 heteroatoms. The molecule has 0 bridgehead atoms. The van der Waals surface area contributed by atoms with Gasteiger partial charge in [0.1, 0.15) is 17.2 Å². The highest BCUT2D eigenvalue weighted by atomic mass is 35.5. The van der Waals surface area contributed by atoms with E-state index in [4.69, 9.17) is 25.8 Å². The van der Waals surface area contributed by atoms with E-state index < -0.39 is 10.8 Å². The first-order chi connectivity index (χ1) is 11.9. The number of ether oxygens (including phenoxy) is 3. The van der Waals surface area contributed by atoms with Gasteiger partial charge >= 0.3 is 0 Å². The monoisotopic (exact) mass is 366 g/mol. The van der Waals surface area contributed by atoms with Gasteiger partial charge in [-0.3, -0.25) is 14.9 Å². The number of nitrogens with one attached hydrogen (secondary N) is 1. The second-order valence-electron chi connectivity index (χ2n) is 4.77. The Morgan fingerprint density at radius 3 is 2.36 bits per heavy atom. The van der Waals surface area contributed by atoms with Gasteiger partial charge in [-0.1, -0.05) is 11.6 Å². The van der Waals surface area contributed by atoms with E-state index in [1.165, 1.54) is 50.6 Å². The van der Waals surface area contributed by atoms with Crippen LogP contribution in [-0.4, -0.2) is 31.7 Å². The first kappa shape index (κ1) is 18.3. The maximum absolute atomic E-state index is 12.0. The average Bonchev–Trinajstić information content (AvgIpc) is 2.61. The Kier molecular flexibility index (Phi) is 6.02. The van der Waals surface area contributed by atoms with Crippen LogP contribution in [0.3, 0.4) is 0 Å². The number of carbonyl (C=O) groups excluding carboxylic acids is 1. The third kappa shape index (κ3) is 4.74. The molecule has 1 amide bonds. The molecule has 0 radical (unpaired) electrons. The lowest BCUT2D eigenvalue weighted by Gasteiger charge is -2.13. The third-order valence-corrected chi connectivity index (χ3v) is 3.46. The van der Waals surface area contributed by atoms with Gasteiger partial charge in [-0.15, -0.1) is 0 Å². The van der Waals surface area contributed by atoms with Gasteiger partial charge in [0.15, 0.2) is 6.61 Å². The zero-order valence-electron chi connectivity index (χ0n) is 13.4. The summed E-state index contributed by atoms with van der Waals surface area (Å²) in [7, 11) is 2.90. The summed E-state index contributed by atoms with van der Waals surface area (Å²) in [6.45, 7) is -0.286. The lowest BCUT2D eigenvalue weighted by Crippen LogP contribution is -2.20. The Balaban J connectivity index is 2.01. The maximum atomic E-state index is 12.0. The molecule has 0 aliphatic rings. The van der Waals surface area contributed by atoms with E-state index in [1.54, 1.807) is 0 Å². The highest BCUT2D eigenvalue weighted by Gasteiger charge is 2.13. The van der Waals surface area contributed by atoms with Crippen molar-refractivity contribution >= 4 is 28.9 Å². The number of anilines is 1. The van der Waals surface area contributed by atoms with Crippen LogP contribution in [0.1, 0.15) is 0 Å². The van der Waals surface area contributed by atoms with Crippen molar-refractivity contribution in [2.24, 2.45) is 0 Å². The van der Waals surface area contributed by atoms with Crippen LogP contribution in [0.4, 0.5) is 11.4 Å². The van der Waals surface area contributed by atoms with Crippen LogP contribution >= 0.6 is 11.6 Å². The number of hydrogen-bond acceptors (Lipinski definition) is 6. The summed E-state index contributed by atoms with van der Waals surface area (Å²) in [5.41, 5.74) is 0.316. The summed E-state index contributed by atoms with van der Waals surface area (Å²) in [5, 5.41) is 13.6. The van der Waals surface area contributed by atoms with Crippen LogP contribution in [0.5, 0.6) is 17.2 Å². The molecule has 2 aromatic rings. The molecule has 0 fully saturated rings. The van der Waals surface area contributed by atoms with Crippen molar-refractivity contribution < 1.29 is 23.9 Å². The Bertz CT molecular complexity index is 779. The number of hydrogen-bond donors (Lipinski definition) is 1. The molecule has 2 aromatic carbocycles. The SMILES string of the molecule is COc1cc(NC(=O)COc2ccc([N+](=O)[O-])cc2)c(OC)cc1Cl. The maximum Gasteiger partial charge on any atom is 0.269 e. The van der Waals surface area contributed by atoms with Crippen LogP contribution < -0.4 is 19.5 Å². The van der Waals surface area contributed by atoms with E-state index in [0.29, 0.717) is 28.0 Å². The van der Waals surface area contributed by atoms with Crippen molar-refractivity contribution in [3.05, 3.63) is 51.5 Å². The highest BCUT2D eigenvalue weighted by molar-refractivity contribution is 6.32. The molecule has 0 aromatic heterocycles. The van der Waals surface area contributed by atoms with Crippen molar-refractivity contribution in [1.82, 2.24) is 0 Å². The van der Waals surface area contributed by atoms with Crippen LogP contribution in [-0.2, 0) is 4.79 Å². The van der Waals surface area contributed by atoms with Crippen molar-refractivity contribution in [2.45, 2.75) is 0 Å². The van der Waals surface area contributed by atoms with E-state index in [1.807, 2.05) is 0 Å². The molecule has 0 saturated carbocycles. The Hall–Kier alpha value is -3.00. The van der Waals surface area contributed by atoms with Crippen LogP contribution in [0.25, 0.3) is 0 Å². The van der Waals surface area contributed by atoms with E-state index in [0.717, 1.165) is 0 Å². The smallest absolute Gasteiger partial charge is 0.269 e. The number of nitro groups is 1. The molecule has 132 valence electrons. The van der Waals surface area contributed by atoms with Gasteiger partial charge in [0, 0.05) is 24.3 Å². The predicted molar refractivity (Wildman–Crippen MR) is 91.8 cm³/mol. The molecular formula is C16H15ClN2O6. The van der Waals surface area contributed by atoms with E-state index in [-0.39, 0.29) is 12.3 Å². The molecule has 1 N–H and O–H groups in total. The van der Waals surface area contributed by atoms with E-state index >= 15 is 0 Å². The standard InChI is InChI=1S/C16H15ClN2O6/c1-23-14-8-13(15(24-2)7-12(14)17)18-16(20)9-25-11-5-3-10(4-6-11)19(21)22/h3-8H,9H2,1-2H3,(H,18,20). The predicted octanol–water partition coefficient (Wildman–Crippen LogP) is 3.28. The molecule has 0 atom stereocenters. The highest BCUT2D eigenvalue weighted by Crippen LogP contribution is 2.35. The lowest BCUT2D eigenvalue weighted by molar-refractivity contribution is -0.384. The number of rotatable bonds is 7. The summed E-state index contributed by atoms with van der Waals surface area (Å²) >= 11 is 6.00. The number of amides is 1. The fourth-order valence-electron chi connectivity index (χ4n) is 1.96. The zero-order valence-corrected chi connectivity index (χ0v) is 14.2. The van der Waals surface area contributed by atoms with Gasteiger partial charge in [-0.25, -0.2) is 0 Å². The van der Waals surface area contributed by atoms with Crippen molar-refractivity contribution in [3.8, 4) is 17.2 Å². The summed E-state index contributed by atoms with van der Waals surface area (Å²) in [6, 6.07) is 8.47. The van der Waals surface area contributed by atoms with Crippen molar-refractivity contribution in [2.75, 3.05) is 26.1 Å². The lowest BCUT2D eigenvalue weighted by atomic mass is 10.2. The fourth-order valence-corrected chi connectivity index (χ4v) is 2.19. The van der Waals surface area contributed by atoms with Crippen LogP contribution in [0.15, 0.2) is 36.4 Å². The molecule has 2 rings (SSSR count). The van der Waals surface area contributed by atoms with Gasteiger partial charge in [0.25, 0.3) is 11.6 Å². The summed E-state index contributed by atoms with van der Waals surface area (Å²) < 4.78 is 15.6. The normalized spacial score (nSPS) is 10.0. The number of nitrogens with zero attached hydrogens (tertiary/aromatic N) is 1. The molecule has 8 nitrogen and oxygen atoms in total. The molecule has 0 spiro atoms. The van der Waals surface area contributed by atoms with Crippen molar-refractivity contribution in [3.63, 3.8) is 0 Å². The molecule has 0 heterocycles. The van der Waals surface area contributed by atoms with Crippen LogP contribution in [0, 0.1) is 10.1 Å². The topological polar surface area (TPSA) is 99.9 Å². The Labute approximate surface area is 148 Å². The number of benzene rings is 2. The number of nitro benzene ring substituents is 1. The number of carbonyl (C=O) groups is 1. The van der Waals surface area contributed by atoms with E-state index in [9.17, 15) is 14.9 Å². The second-order valence-corrected chi connectivity index (χ2v) is 5.18. The van der Waals surface area contributed by atoms with Gasteiger partial charge in [0.2, 0.25) is 0 Å². The van der Waals surface area contributed by atoms with Gasteiger partial charge < -0.3 is 19.5 Å². The van der Waals surface area contributed by atoms with Gasteiger partial charge in [0.05, 0.1) is 29.9 Å². The second kappa shape index (κ2) is 8.20. The van der Waals surface area contributed by atoms with Crippen LogP contribution in [0.2, 0.25) is 5.02 Å². The largest absolute Gasteiger partial charge is 0.495 e. The minimum absolute atomic E-state index is 0.0604. The summed E-state index contributed by atoms with van der Waals surface area (Å²) in [5.74, 6) is 0.644. The molecule has 0 saturated heterocycles. The number of non-ortho nitro benzene ring substituents is 1. The summed E-state index contributed by atoms with van der Waals surface area (Å²) in [4.78, 5) is 22.1. The van der Waals surface area contributed by atoms with Gasteiger partial charge in [-0.05, 0) is 12.1 Å². The third-order valence-electron chi connectivity index (χ3n) is 3.17. The number of methoxy groups -OCH3 is 2. The Morgan fingerprint density at radius 1 is 1.16 bits per heavy atom. The van der Waals surface area contributed by atoms with E-state index in [2.05, 4.69) is 5.32 Å². The minimum Gasteiger partial charge on any atom is -0.495 e. The summed E-state index contributed by atoms with van der Waals surface area (Å²) in [6.07, 6.45) is 0.